The molecule has 0 unspecified atom stereocenters. The molecular formula is C15H22ClIN4S2. The van der Waals surface area contributed by atoms with Crippen LogP contribution in [0.1, 0.15) is 21.7 Å². The summed E-state index contributed by atoms with van der Waals surface area (Å²) in [6, 6.07) is 3.98. The molecule has 0 spiro atoms. The summed E-state index contributed by atoms with van der Waals surface area (Å²) >= 11 is 9.36. The Bertz CT molecular complexity index is 627. The van der Waals surface area contributed by atoms with Crippen molar-refractivity contribution in [1.29, 1.82) is 0 Å². The zero-order chi connectivity index (χ0) is 15.9. The molecule has 0 aliphatic carbocycles. The first-order valence-corrected chi connectivity index (χ1v) is 9.23. The Hall–Kier alpha value is -0.380. The first-order chi connectivity index (χ1) is 10.6. The van der Waals surface area contributed by atoms with E-state index in [-0.39, 0.29) is 24.0 Å². The van der Waals surface area contributed by atoms with Crippen molar-refractivity contribution >= 4 is 64.2 Å². The van der Waals surface area contributed by atoms with Crippen molar-refractivity contribution in [2.75, 3.05) is 20.6 Å². The van der Waals surface area contributed by atoms with Crippen LogP contribution in [0.2, 0.25) is 4.34 Å². The molecule has 2 aromatic rings. The molecule has 1 N–H and O–H groups in total. The Balaban J connectivity index is 0.00000264. The van der Waals surface area contributed by atoms with Gasteiger partial charge < -0.3 is 10.2 Å². The van der Waals surface area contributed by atoms with Crippen LogP contribution in [0.3, 0.4) is 0 Å². The summed E-state index contributed by atoms with van der Waals surface area (Å²) in [6.45, 7) is 3.79. The summed E-state index contributed by atoms with van der Waals surface area (Å²) in [5.74, 6) is 0.886. The second kappa shape index (κ2) is 10.5. The van der Waals surface area contributed by atoms with Crippen LogP contribution >= 0.6 is 58.3 Å². The van der Waals surface area contributed by atoms with Crippen molar-refractivity contribution in [2.24, 2.45) is 4.99 Å². The predicted octanol–water partition coefficient (Wildman–Crippen LogP) is 4.29. The molecule has 0 atom stereocenters. The highest BCUT2D eigenvalue weighted by Gasteiger charge is 2.08. The number of rotatable bonds is 6. The molecule has 128 valence electrons. The van der Waals surface area contributed by atoms with Crippen LogP contribution in [-0.2, 0) is 19.4 Å². The number of aromatic nitrogens is 1. The quantitative estimate of drug-likeness (QED) is 0.378. The van der Waals surface area contributed by atoms with Gasteiger partial charge in [-0.15, -0.1) is 46.7 Å². The minimum atomic E-state index is 0. The maximum atomic E-state index is 5.97. The molecule has 0 bridgehead atoms. The number of halogens is 2. The highest BCUT2D eigenvalue weighted by molar-refractivity contribution is 14.0. The van der Waals surface area contributed by atoms with Crippen LogP contribution < -0.4 is 5.32 Å². The second-order valence-electron chi connectivity index (χ2n) is 4.86. The van der Waals surface area contributed by atoms with Crippen molar-refractivity contribution in [2.45, 2.75) is 26.3 Å². The zero-order valence-electron chi connectivity index (χ0n) is 13.5. The molecule has 0 radical (unpaired) electrons. The number of thiophene rings is 1. The van der Waals surface area contributed by atoms with E-state index in [0.29, 0.717) is 0 Å². The third-order valence-electron chi connectivity index (χ3n) is 3.17. The largest absolute Gasteiger partial charge is 0.356 e. The monoisotopic (exact) mass is 484 g/mol. The van der Waals surface area contributed by atoms with Crippen LogP contribution in [0, 0.1) is 0 Å². The number of thiazole rings is 1. The number of hydrogen-bond acceptors (Lipinski definition) is 4. The summed E-state index contributed by atoms with van der Waals surface area (Å²) in [6.07, 6.45) is 3.95. The van der Waals surface area contributed by atoms with Crippen molar-refractivity contribution in [3.8, 4) is 0 Å². The number of guanidine groups is 1. The Morgan fingerprint density at radius 1 is 1.35 bits per heavy atom. The van der Waals surface area contributed by atoms with Gasteiger partial charge in [-0.1, -0.05) is 18.5 Å². The summed E-state index contributed by atoms with van der Waals surface area (Å²) in [7, 11) is 3.83. The first kappa shape index (κ1) is 20.7. The van der Waals surface area contributed by atoms with E-state index in [9.17, 15) is 0 Å². The maximum Gasteiger partial charge on any atom is 0.193 e. The number of hydrogen-bond donors (Lipinski definition) is 1. The van der Waals surface area contributed by atoms with E-state index in [0.717, 1.165) is 36.2 Å². The number of aliphatic imine (C=N–C) groups is 1. The van der Waals surface area contributed by atoms with Gasteiger partial charge >= 0.3 is 0 Å². The van der Waals surface area contributed by atoms with Gasteiger partial charge in [0.25, 0.3) is 0 Å². The Kier molecular flexibility index (Phi) is 9.41. The molecule has 0 saturated heterocycles. The molecule has 2 heterocycles. The standard InChI is InChI=1S/C15H21ClN4S2.HI/c1-4-11-9-19-14(22-11)7-8-18-15(17-2)20(3)10-12-5-6-13(16)21-12;/h5-6,9H,4,7-8,10H2,1-3H3,(H,17,18);1H. The van der Waals surface area contributed by atoms with Gasteiger partial charge in [-0.25, -0.2) is 4.98 Å². The fraction of sp³-hybridized carbons (Fsp3) is 0.467. The molecule has 0 aromatic carbocycles. The molecule has 0 fully saturated rings. The fourth-order valence-electron chi connectivity index (χ4n) is 2.04. The summed E-state index contributed by atoms with van der Waals surface area (Å²) in [5, 5.41) is 4.56. The molecule has 0 aliphatic heterocycles. The SMILES string of the molecule is CCc1cnc(CCNC(=NC)N(C)Cc2ccc(Cl)s2)s1.I. The van der Waals surface area contributed by atoms with Crippen LogP contribution in [-0.4, -0.2) is 36.5 Å². The van der Waals surface area contributed by atoms with Gasteiger partial charge in [0.05, 0.1) is 15.9 Å². The Morgan fingerprint density at radius 3 is 2.70 bits per heavy atom. The molecule has 8 heteroatoms. The lowest BCUT2D eigenvalue weighted by molar-refractivity contribution is 0.482. The van der Waals surface area contributed by atoms with Gasteiger partial charge in [0.2, 0.25) is 0 Å². The van der Waals surface area contributed by atoms with Gasteiger partial charge in [-0.2, -0.15) is 0 Å². The number of aryl methyl sites for hydroxylation is 1. The Labute approximate surface area is 168 Å². The lowest BCUT2D eigenvalue weighted by Gasteiger charge is -2.21. The maximum absolute atomic E-state index is 5.97. The van der Waals surface area contributed by atoms with Crippen LogP contribution in [0.15, 0.2) is 23.3 Å². The van der Waals surface area contributed by atoms with E-state index >= 15 is 0 Å². The molecule has 4 nitrogen and oxygen atoms in total. The molecule has 0 saturated carbocycles. The summed E-state index contributed by atoms with van der Waals surface area (Å²) in [5.41, 5.74) is 0. The van der Waals surface area contributed by atoms with Crippen molar-refractivity contribution < 1.29 is 0 Å². The van der Waals surface area contributed by atoms with Crippen molar-refractivity contribution in [3.63, 3.8) is 0 Å². The zero-order valence-corrected chi connectivity index (χ0v) is 18.2. The molecule has 2 aromatic heterocycles. The van der Waals surface area contributed by atoms with Gasteiger partial charge in [-0.05, 0) is 18.6 Å². The minimum absolute atomic E-state index is 0. The fourth-order valence-corrected chi connectivity index (χ4v) is 4.04. The van der Waals surface area contributed by atoms with Gasteiger partial charge in [0.1, 0.15) is 0 Å². The summed E-state index contributed by atoms with van der Waals surface area (Å²) in [4.78, 5) is 13.4. The third-order valence-corrected chi connectivity index (χ3v) is 5.58. The van der Waals surface area contributed by atoms with E-state index in [1.165, 1.54) is 14.8 Å². The van der Waals surface area contributed by atoms with E-state index in [1.54, 1.807) is 29.7 Å². The first-order valence-electron chi connectivity index (χ1n) is 7.22. The molecule has 0 aliphatic rings. The molecule has 23 heavy (non-hydrogen) atoms. The van der Waals surface area contributed by atoms with Gasteiger partial charge in [0.15, 0.2) is 5.96 Å². The molecule has 2 rings (SSSR count). The third kappa shape index (κ3) is 6.56. The predicted molar refractivity (Wildman–Crippen MR) is 113 cm³/mol. The lowest BCUT2D eigenvalue weighted by Crippen LogP contribution is -2.39. The van der Waals surface area contributed by atoms with E-state index in [2.05, 4.69) is 33.2 Å². The smallest absolute Gasteiger partial charge is 0.193 e. The number of nitrogens with one attached hydrogen (secondary N) is 1. The average molecular weight is 485 g/mol. The number of nitrogens with zero attached hydrogens (tertiary/aromatic N) is 3. The van der Waals surface area contributed by atoms with Gasteiger partial charge in [0, 0.05) is 43.0 Å². The van der Waals surface area contributed by atoms with Gasteiger partial charge in [-0.3, -0.25) is 4.99 Å². The highest BCUT2D eigenvalue weighted by atomic mass is 127. The lowest BCUT2D eigenvalue weighted by atomic mass is 10.4. The van der Waals surface area contributed by atoms with E-state index in [4.69, 9.17) is 11.6 Å². The van der Waals surface area contributed by atoms with E-state index in [1.807, 2.05) is 19.3 Å². The highest BCUT2D eigenvalue weighted by Crippen LogP contribution is 2.22. The van der Waals surface area contributed by atoms with Crippen LogP contribution in [0.25, 0.3) is 0 Å². The topological polar surface area (TPSA) is 40.5 Å². The van der Waals surface area contributed by atoms with E-state index < -0.39 is 0 Å². The average Bonchev–Trinajstić information content (AvgIpc) is 3.12. The van der Waals surface area contributed by atoms with Crippen molar-refractivity contribution in [1.82, 2.24) is 15.2 Å². The van der Waals surface area contributed by atoms with Crippen LogP contribution in [0.5, 0.6) is 0 Å². The minimum Gasteiger partial charge on any atom is -0.356 e. The van der Waals surface area contributed by atoms with Crippen LogP contribution in [0.4, 0.5) is 0 Å². The molecular weight excluding hydrogens is 463 g/mol. The second-order valence-corrected chi connectivity index (χ2v) is 7.86. The normalized spacial score (nSPS) is 11.2. The molecule has 0 amide bonds. The Morgan fingerprint density at radius 2 is 2.13 bits per heavy atom. The summed E-state index contributed by atoms with van der Waals surface area (Å²) < 4.78 is 0.821. The van der Waals surface area contributed by atoms with Crippen molar-refractivity contribution in [3.05, 3.63) is 37.4 Å².